The highest BCUT2D eigenvalue weighted by Gasteiger charge is 2.14. The Kier molecular flexibility index (Phi) is 5.90. The summed E-state index contributed by atoms with van der Waals surface area (Å²) in [5, 5.41) is 3.30. The van der Waals surface area contributed by atoms with E-state index in [9.17, 15) is 9.59 Å². The first kappa shape index (κ1) is 18.8. The number of carbonyl (C=O) groups excluding carboxylic acids is 1. The fourth-order valence-electron chi connectivity index (χ4n) is 2.32. The summed E-state index contributed by atoms with van der Waals surface area (Å²) in [5.41, 5.74) is 1.12. The van der Waals surface area contributed by atoms with E-state index in [-0.39, 0.29) is 23.3 Å². The van der Waals surface area contributed by atoms with Crippen LogP contribution in [-0.4, -0.2) is 32.2 Å². The van der Waals surface area contributed by atoms with Gasteiger partial charge in [0.2, 0.25) is 5.91 Å². The molecule has 0 bridgehead atoms. The molecule has 2 N–H and O–H groups in total. The highest BCUT2D eigenvalue weighted by Crippen LogP contribution is 2.24. The highest BCUT2D eigenvalue weighted by atomic mass is 32.2. The van der Waals surface area contributed by atoms with Crippen LogP contribution in [-0.2, 0) is 4.79 Å². The average molecular weight is 407 g/mol. The van der Waals surface area contributed by atoms with E-state index in [4.69, 9.17) is 12.2 Å². The number of H-pyrrole nitrogens is 1. The van der Waals surface area contributed by atoms with Gasteiger partial charge in [0.15, 0.2) is 14.8 Å². The molecule has 3 rings (SSSR count). The molecule has 0 saturated carbocycles. The summed E-state index contributed by atoms with van der Waals surface area (Å²) in [6.45, 7) is 3.96. The van der Waals surface area contributed by atoms with Gasteiger partial charge < -0.3 is 10.3 Å². The lowest BCUT2D eigenvalue weighted by Gasteiger charge is -2.10. The van der Waals surface area contributed by atoms with E-state index < -0.39 is 0 Å². The predicted molar refractivity (Wildman–Crippen MR) is 109 cm³/mol. The number of aromatic amines is 1. The zero-order chi connectivity index (χ0) is 18.7. The van der Waals surface area contributed by atoms with Gasteiger partial charge in [-0.15, -0.1) is 0 Å². The van der Waals surface area contributed by atoms with Crippen LogP contribution in [0.2, 0.25) is 0 Å². The van der Waals surface area contributed by atoms with E-state index in [0.29, 0.717) is 19.5 Å². The fraction of sp³-hybridized carbons (Fsp3) is 0.294. The molecule has 0 unspecified atom stereocenters. The van der Waals surface area contributed by atoms with Crippen LogP contribution in [0.1, 0.15) is 20.3 Å². The van der Waals surface area contributed by atoms with Crippen molar-refractivity contribution in [1.29, 1.82) is 0 Å². The molecule has 2 heterocycles. The van der Waals surface area contributed by atoms with Gasteiger partial charge in [-0.2, -0.15) is 0 Å². The lowest BCUT2D eigenvalue weighted by molar-refractivity contribution is -0.119. The Hall–Kier alpha value is -1.97. The van der Waals surface area contributed by atoms with Crippen LogP contribution in [0.5, 0.6) is 0 Å². The first-order valence-electron chi connectivity index (χ1n) is 8.13. The number of rotatable bonds is 6. The summed E-state index contributed by atoms with van der Waals surface area (Å²) in [6.07, 6.45) is 0.866. The topological polar surface area (TPSA) is 79.8 Å². The molecule has 0 aliphatic carbocycles. The summed E-state index contributed by atoms with van der Waals surface area (Å²) < 4.78 is 2.82. The molecule has 0 aliphatic rings. The van der Waals surface area contributed by atoms with Crippen molar-refractivity contribution < 1.29 is 4.79 Å². The summed E-state index contributed by atoms with van der Waals surface area (Å²) in [6, 6.07) is 9.68. The molecule has 0 saturated heterocycles. The van der Waals surface area contributed by atoms with E-state index in [1.807, 2.05) is 44.2 Å². The fourth-order valence-corrected chi connectivity index (χ4v) is 4.26. The van der Waals surface area contributed by atoms with Crippen molar-refractivity contribution >= 4 is 51.6 Å². The monoisotopic (exact) mass is 406 g/mol. The van der Waals surface area contributed by atoms with Gasteiger partial charge in [0.1, 0.15) is 4.70 Å². The number of nitrogens with one attached hydrogen (secondary N) is 2. The van der Waals surface area contributed by atoms with Crippen molar-refractivity contribution in [2.75, 3.05) is 5.75 Å². The van der Waals surface area contributed by atoms with Gasteiger partial charge in [0.25, 0.3) is 5.56 Å². The first-order valence-corrected chi connectivity index (χ1v) is 10.3. The van der Waals surface area contributed by atoms with Crippen molar-refractivity contribution in [3.05, 3.63) is 44.6 Å². The summed E-state index contributed by atoms with van der Waals surface area (Å²) in [7, 11) is 0. The largest absolute Gasteiger partial charge is 0.353 e. The lowest BCUT2D eigenvalue weighted by Crippen LogP contribution is -2.33. The van der Waals surface area contributed by atoms with Gasteiger partial charge in [-0.1, -0.05) is 48.2 Å². The van der Waals surface area contributed by atoms with Crippen molar-refractivity contribution in [3.8, 4) is 5.69 Å². The maximum absolute atomic E-state index is 12.4. The molecule has 1 aromatic carbocycles. The van der Waals surface area contributed by atoms with Crippen LogP contribution in [0.15, 0.2) is 40.3 Å². The Morgan fingerprint density at radius 1 is 1.42 bits per heavy atom. The van der Waals surface area contributed by atoms with Crippen molar-refractivity contribution in [1.82, 2.24) is 19.9 Å². The smallest absolute Gasteiger partial charge is 0.271 e. The molecule has 1 amide bonds. The van der Waals surface area contributed by atoms with Gasteiger partial charge in [-0.3, -0.25) is 14.2 Å². The minimum absolute atomic E-state index is 0.0858. The molecule has 3 aromatic rings. The van der Waals surface area contributed by atoms with E-state index in [0.717, 1.165) is 12.1 Å². The second-order valence-corrected chi connectivity index (χ2v) is 8.34. The molecule has 6 nitrogen and oxygen atoms in total. The van der Waals surface area contributed by atoms with Crippen molar-refractivity contribution in [3.63, 3.8) is 0 Å². The number of para-hydroxylation sites is 1. The normalized spacial score (nSPS) is 12.2. The first-order chi connectivity index (χ1) is 12.5. The Morgan fingerprint density at radius 2 is 2.15 bits per heavy atom. The number of thioether (sulfide) groups is 1. The van der Waals surface area contributed by atoms with E-state index in [1.54, 1.807) is 4.57 Å². The van der Waals surface area contributed by atoms with Crippen LogP contribution >= 0.6 is 35.3 Å². The number of thiazole rings is 1. The molecule has 0 spiro atoms. The van der Waals surface area contributed by atoms with Crippen LogP contribution in [0, 0.1) is 3.95 Å². The van der Waals surface area contributed by atoms with Crippen LogP contribution in [0.4, 0.5) is 0 Å². The number of benzene rings is 1. The second kappa shape index (κ2) is 8.15. The van der Waals surface area contributed by atoms with Gasteiger partial charge in [0, 0.05) is 11.7 Å². The average Bonchev–Trinajstić information content (AvgIpc) is 2.97. The molecule has 1 atom stereocenters. The zero-order valence-electron chi connectivity index (χ0n) is 14.3. The molecular weight excluding hydrogens is 388 g/mol. The Morgan fingerprint density at radius 3 is 2.85 bits per heavy atom. The summed E-state index contributed by atoms with van der Waals surface area (Å²) in [5.74, 6) is 0.104. The van der Waals surface area contributed by atoms with E-state index >= 15 is 0 Å². The third-order valence-electron chi connectivity index (χ3n) is 3.80. The molecular formula is C17H18N4O2S3. The number of amides is 1. The quantitative estimate of drug-likeness (QED) is 0.372. The van der Waals surface area contributed by atoms with Gasteiger partial charge in [0.05, 0.1) is 5.75 Å². The van der Waals surface area contributed by atoms with Crippen LogP contribution < -0.4 is 10.9 Å². The number of aromatic nitrogens is 3. The number of carbonyl (C=O) groups is 1. The maximum atomic E-state index is 12.4. The molecule has 26 heavy (non-hydrogen) atoms. The molecule has 2 aromatic heterocycles. The molecule has 0 fully saturated rings. The standard InChI is InChI=1S/C17H18N4O2S3/c1-3-10(2)18-12(22)9-25-16-19-14-13(15(23)20-16)26-17(24)21(14)11-7-5-4-6-8-11/h4-8,10H,3,9H2,1-2H3,(H,18,22)(H,19,20,23)/t10-/m1/s1. The minimum Gasteiger partial charge on any atom is -0.353 e. The summed E-state index contributed by atoms with van der Waals surface area (Å²) in [4.78, 5) is 31.6. The molecule has 0 aliphatic heterocycles. The Labute approximate surface area is 163 Å². The van der Waals surface area contributed by atoms with Crippen molar-refractivity contribution in [2.45, 2.75) is 31.5 Å². The number of fused-ring (bicyclic) bond motifs is 1. The molecule has 0 radical (unpaired) electrons. The zero-order valence-corrected chi connectivity index (χ0v) is 16.8. The van der Waals surface area contributed by atoms with E-state index in [2.05, 4.69) is 15.3 Å². The SMILES string of the molecule is CC[C@@H](C)NC(=O)CSc1nc2c(sc(=S)n2-c2ccccc2)c(=O)[nH]1. The Bertz CT molecular complexity index is 1040. The van der Waals surface area contributed by atoms with Crippen LogP contribution in [0.3, 0.4) is 0 Å². The van der Waals surface area contributed by atoms with Crippen molar-refractivity contribution in [2.24, 2.45) is 0 Å². The van der Waals surface area contributed by atoms with E-state index in [1.165, 1.54) is 23.1 Å². The lowest BCUT2D eigenvalue weighted by atomic mass is 10.3. The summed E-state index contributed by atoms with van der Waals surface area (Å²) >= 11 is 7.85. The Balaban J connectivity index is 1.93. The number of hydrogen-bond acceptors (Lipinski definition) is 6. The third-order valence-corrected chi connectivity index (χ3v) is 6.03. The van der Waals surface area contributed by atoms with Gasteiger partial charge in [-0.05, 0) is 37.7 Å². The third kappa shape index (κ3) is 4.05. The van der Waals surface area contributed by atoms with Gasteiger partial charge >= 0.3 is 0 Å². The minimum atomic E-state index is -0.245. The highest BCUT2D eigenvalue weighted by molar-refractivity contribution is 7.99. The second-order valence-electron chi connectivity index (χ2n) is 5.73. The predicted octanol–water partition coefficient (Wildman–Crippen LogP) is 3.51. The molecule has 136 valence electrons. The van der Waals surface area contributed by atoms with Crippen LogP contribution in [0.25, 0.3) is 16.0 Å². The number of nitrogens with zero attached hydrogens (tertiary/aromatic N) is 2. The van der Waals surface area contributed by atoms with Gasteiger partial charge in [-0.25, -0.2) is 4.98 Å². The molecule has 9 heteroatoms. The number of hydrogen-bond donors (Lipinski definition) is 2. The maximum Gasteiger partial charge on any atom is 0.271 e.